The lowest BCUT2D eigenvalue weighted by atomic mass is 9.99. The molecule has 0 aliphatic carbocycles. The fraction of sp³-hybridized carbons (Fsp3) is 0.214. The minimum atomic E-state index is -0.299. The summed E-state index contributed by atoms with van der Waals surface area (Å²) in [6, 6.07) is 8.01. The van der Waals surface area contributed by atoms with Crippen LogP contribution in [0.5, 0.6) is 0 Å². The average Bonchev–Trinajstić information content (AvgIpc) is 2.99. The molecule has 0 aliphatic rings. The third kappa shape index (κ3) is 3.23. The van der Waals surface area contributed by atoms with E-state index < -0.39 is 0 Å². The lowest BCUT2D eigenvalue weighted by molar-refractivity contribution is 0.0944. The van der Waals surface area contributed by atoms with Crippen molar-refractivity contribution in [2.45, 2.75) is 13.3 Å². The molecule has 0 saturated carbocycles. The van der Waals surface area contributed by atoms with Gasteiger partial charge in [-0.15, -0.1) is 5.10 Å². The summed E-state index contributed by atoms with van der Waals surface area (Å²) in [4.78, 5) is 15.5. The van der Waals surface area contributed by atoms with Crippen molar-refractivity contribution in [2.24, 2.45) is 5.73 Å². The Morgan fingerprint density at radius 3 is 2.90 bits per heavy atom. The fourth-order valence-electron chi connectivity index (χ4n) is 1.95. The lowest BCUT2D eigenvalue weighted by Crippen LogP contribution is -2.25. The molecule has 20 heavy (non-hydrogen) atoms. The molecule has 0 atom stereocenters. The number of benzene rings is 1. The van der Waals surface area contributed by atoms with Gasteiger partial charge in [0.1, 0.15) is 6.33 Å². The normalized spacial score (nSPS) is 11.3. The number of rotatable bonds is 5. The number of carbonyl (C=O) groups excluding carboxylic acids is 1. The number of amides is 1. The minimum Gasteiger partial charge on any atom is -0.404 e. The summed E-state index contributed by atoms with van der Waals surface area (Å²) in [5, 5.41) is 8.98. The van der Waals surface area contributed by atoms with Gasteiger partial charge in [0, 0.05) is 6.54 Å². The number of aryl methyl sites for hydroxylation is 1. The van der Waals surface area contributed by atoms with Crippen LogP contribution in [-0.4, -0.2) is 27.6 Å². The van der Waals surface area contributed by atoms with Gasteiger partial charge in [-0.25, -0.2) is 4.98 Å². The molecule has 0 unspecified atom stereocenters. The van der Waals surface area contributed by atoms with E-state index >= 15 is 0 Å². The van der Waals surface area contributed by atoms with Crippen LogP contribution >= 0.6 is 0 Å². The molecule has 2 aromatic rings. The van der Waals surface area contributed by atoms with Crippen molar-refractivity contribution < 1.29 is 4.79 Å². The molecular weight excluding hydrogens is 254 g/mol. The smallest absolute Gasteiger partial charge is 0.290 e. The zero-order valence-electron chi connectivity index (χ0n) is 11.3. The number of hydrogen-bond acceptors (Lipinski definition) is 4. The van der Waals surface area contributed by atoms with Gasteiger partial charge in [0.15, 0.2) is 0 Å². The summed E-state index contributed by atoms with van der Waals surface area (Å²) < 4.78 is 0. The van der Waals surface area contributed by atoms with Gasteiger partial charge in [-0.2, -0.15) is 0 Å². The Kier molecular flexibility index (Phi) is 4.49. The van der Waals surface area contributed by atoms with E-state index in [9.17, 15) is 4.79 Å². The number of nitrogens with two attached hydrogens (primary N) is 1. The molecular formula is C14H17N5O. The third-order valence-electron chi connectivity index (χ3n) is 2.99. The minimum absolute atomic E-state index is 0.138. The molecule has 0 aliphatic heterocycles. The zero-order chi connectivity index (χ0) is 14.4. The molecule has 1 aromatic carbocycles. The van der Waals surface area contributed by atoms with Crippen molar-refractivity contribution in [1.29, 1.82) is 0 Å². The topological polar surface area (TPSA) is 96.7 Å². The molecule has 0 radical (unpaired) electrons. The van der Waals surface area contributed by atoms with Crippen LogP contribution in [0.3, 0.4) is 0 Å². The van der Waals surface area contributed by atoms with Crippen LogP contribution in [0, 0.1) is 6.92 Å². The van der Waals surface area contributed by atoms with Gasteiger partial charge in [0.05, 0.1) is 0 Å². The standard InChI is InChI=1S/C14H17N5O/c1-10-4-2-3-5-12(10)11(8-15)6-7-16-14(20)13-17-9-18-19-13/h2-5,8-9H,6-7,15H2,1H3,(H,16,20)(H,17,18,19)/b11-8-. The van der Waals surface area contributed by atoms with E-state index in [0.717, 1.165) is 16.7 Å². The molecule has 2 rings (SSSR count). The highest BCUT2D eigenvalue weighted by molar-refractivity contribution is 5.90. The predicted octanol–water partition coefficient (Wildman–Crippen LogP) is 1.23. The van der Waals surface area contributed by atoms with Gasteiger partial charge in [0.25, 0.3) is 5.91 Å². The summed E-state index contributed by atoms with van der Waals surface area (Å²) in [5.41, 5.74) is 8.94. The van der Waals surface area contributed by atoms with Crippen LogP contribution in [0.15, 0.2) is 36.8 Å². The molecule has 0 spiro atoms. The second kappa shape index (κ2) is 6.51. The number of carbonyl (C=O) groups is 1. The van der Waals surface area contributed by atoms with E-state index in [0.29, 0.717) is 13.0 Å². The average molecular weight is 271 g/mol. The van der Waals surface area contributed by atoms with Gasteiger partial charge in [0.2, 0.25) is 5.82 Å². The molecule has 104 valence electrons. The highest BCUT2D eigenvalue weighted by Gasteiger charge is 2.09. The van der Waals surface area contributed by atoms with Crippen molar-refractivity contribution in [3.63, 3.8) is 0 Å². The molecule has 1 heterocycles. The van der Waals surface area contributed by atoms with E-state index in [1.807, 2.05) is 31.2 Å². The molecule has 6 nitrogen and oxygen atoms in total. The van der Waals surface area contributed by atoms with E-state index in [2.05, 4.69) is 20.5 Å². The Morgan fingerprint density at radius 1 is 1.45 bits per heavy atom. The third-order valence-corrected chi connectivity index (χ3v) is 2.99. The van der Waals surface area contributed by atoms with E-state index in [-0.39, 0.29) is 11.7 Å². The Morgan fingerprint density at radius 2 is 2.25 bits per heavy atom. The van der Waals surface area contributed by atoms with Gasteiger partial charge >= 0.3 is 0 Å². The second-order valence-electron chi connectivity index (χ2n) is 4.34. The van der Waals surface area contributed by atoms with Gasteiger partial charge in [-0.3, -0.25) is 9.89 Å². The van der Waals surface area contributed by atoms with Crippen molar-refractivity contribution in [1.82, 2.24) is 20.5 Å². The fourth-order valence-corrected chi connectivity index (χ4v) is 1.95. The Hall–Kier alpha value is -2.63. The summed E-state index contributed by atoms with van der Waals surface area (Å²) in [6.07, 6.45) is 3.60. The Bertz CT molecular complexity index is 604. The van der Waals surface area contributed by atoms with Crippen molar-refractivity contribution in [3.8, 4) is 0 Å². The van der Waals surface area contributed by atoms with E-state index in [4.69, 9.17) is 5.73 Å². The second-order valence-corrected chi connectivity index (χ2v) is 4.34. The molecule has 4 N–H and O–H groups in total. The lowest BCUT2D eigenvalue weighted by Gasteiger charge is -2.10. The summed E-state index contributed by atoms with van der Waals surface area (Å²) in [6.45, 7) is 2.51. The van der Waals surface area contributed by atoms with Crippen LogP contribution in [0.1, 0.15) is 28.2 Å². The Balaban J connectivity index is 1.93. The quantitative estimate of drug-likeness (QED) is 0.762. The van der Waals surface area contributed by atoms with Crippen LogP contribution in [0.2, 0.25) is 0 Å². The maximum Gasteiger partial charge on any atom is 0.290 e. The predicted molar refractivity (Wildman–Crippen MR) is 76.7 cm³/mol. The zero-order valence-corrected chi connectivity index (χ0v) is 11.3. The van der Waals surface area contributed by atoms with Crippen LogP contribution < -0.4 is 11.1 Å². The van der Waals surface area contributed by atoms with Crippen LogP contribution in [0.4, 0.5) is 0 Å². The number of aromatic nitrogens is 3. The van der Waals surface area contributed by atoms with Gasteiger partial charge in [-0.05, 0) is 36.2 Å². The molecule has 0 fully saturated rings. The number of nitrogens with one attached hydrogen (secondary N) is 2. The first kappa shape index (κ1) is 13.8. The van der Waals surface area contributed by atoms with Crippen molar-refractivity contribution >= 4 is 11.5 Å². The molecule has 6 heteroatoms. The number of H-pyrrole nitrogens is 1. The van der Waals surface area contributed by atoms with Crippen LogP contribution in [-0.2, 0) is 0 Å². The first-order valence-corrected chi connectivity index (χ1v) is 6.33. The summed E-state index contributed by atoms with van der Waals surface area (Å²) >= 11 is 0. The molecule has 1 amide bonds. The van der Waals surface area contributed by atoms with Gasteiger partial charge in [-0.1, -0.05) is 24.3 Å². The van der Waals surface area contributed by atoms with E-state index in [1.165, 1.54) is 6.33 Å². The number of nitrogens with zero attached hydrogens (tertiary/aromatic N) is 2. The van der Waals surface area contributed by atoms with Crippen molar-refractivity contribution in [3.05, 3.63) is 53.7 Å². The SMILES string of the molecule is Cc1ccccc1/C(=C\N)CCNC(=O)c1nc[nH]n1. The molecule has 1 aromatic heterocycles. The maximum atomic E-state index is 11.7. The first-order chi connectivity index (χ1) is 9.72. The summed E-state index contributed by atoms with van der Waals surface area (Å²) in [7, 11) is 0. The summed E-state index contributed by atoms with van der Waals surface area (Å²) in [5.74, 6) is -0.161. The Labute approximate surface area is 117 Å². The molecule has 0 bridgehead atoms. The highest BCUT2D eigenvalue weighted by Crippen LogP contribution is 2.20. The highest BCUT2D eigenvalue weighted by atomic mass is 16.2. The number of aromatic amines is 1. The number of hydrogen-bond donors (Lipinski definition) is 3. The largest absolute Gasteiger partial charge is 0.404 e. The molecule has 0 saturated heterocycles. The monoisotopic (exact) mass is 271 g/mol. The van der Waals surface area contributed by atoms with E-state index in [1.54, 1.807) is 6.20 Å². The van der Waals surface area contributed by atoms with Crippen molar-refractivity contribution in [2.75, 3.05) is 6.54 Å². The first-order valence-electron chi connectivity index (χ1n) is 6.33. The van der Waals surface area contributed by atoms with Gasteiger partial charge < -0.3 is 11.1 Å². The van der Waals surface area contributed by atoms with Crippen LogP contribution in [0.25, 0.3) is 5.57 Å². The maximum absolute atomic E-state index is 11.7.